The predicted molar refractivity (Wildman–Crippen MR) is 67.1 cm³/mol. The highest BCUT2D eigenvalue weighted by atomic mass is 16.3. The van der Waals surface area contributed by atoms with Gasteiger partial charge in [0.15, 0.2) is 0 Å². The van der Waals surface area contributed by atoms with Crippen molar-refractivity contribution in [1.29, 1.82) is 0 Å². The third-order valence-corrected chi connectivity index (χ3v) is 2.54. The first-order chi connectivity index (χ1) is 8.56. The molecule has 1 aromatic carbocycles. The maximum atomic E-state index is 11.7. The van der Waals surface area contributed by atoms with Crippen molar-refractivity contribution in [2.75, 3.05) is 5.73 Å². The smallest absolute Gasteiger partial charge is 0.254 e. The fourth-order valence-corrected chi connectivity index (χ4v) is 1.59. The molecule has 0 unspecified atom stereocenters. The van der Waals surface area contributed by atoms with Gasteiger partial charge < -0.3 is 20.6 Å². The van der Waals surface area contributed by atoms with Crippen LogP contribution in [0.2, 0.25) is 0 Å². The molecule has 0 saturated carbocycles. The quantitative estimate of drug-likeness (QED) is 0.569. The lowest BCUT2D eigenvalue weighted by molar-refractivity contribution is 0.0950. The Kier molecular flexibility index (Phi) is 3.23. The maximum absolute atomic E-state index is 11.7. The summed E-state index contributed by atoms with van der Waals surface area (Å²) in [5.74, 6) is 0.522. The number of phenolic OH excluding ortho intramolecular Hbond substituents is 1. The van der Waals surface area contributed by atoms with Crippen molar-refractivity contribution in [2.24, 2.45) is 0 Å². The van der Waals surface area contributed by atoms with Crippen molar-refractivity contribution in [1.82, 2.24) is 5.32 Å². The van der Waals surface area contributed by atoms with Gasteiger partial charge in [0.25, 0.3) is 5.91 Å². The average Bonchev–Trinajstić information content (AvgIpc) is 2.77. The van der Waals surface area contributed by atoms with Gasteiger partial charge in [0, 0.05) is 17.8 Å². The first-order valence-electron chi connectivity index (χ1n) is 5.47. The molecular formula is C13H14N2O3. The van der Waals surface area contributed by atoms with Gasteiger partial charge >= 0.3 is 0 Å². The molecule has 0 bridgehead atoms. The molecule has 0 aliphatic heterocycles. The van der Waals surface area contributed by atoms with Crippen molar-refractivity contribution in [3.8, 4) is 5.75 Å². The van der Waals surface area contributed by atoms with E-state index in [-0.39, 0.29) is 18.2 Å². The highest BCUT2D eigenvalue weighted by Crippen LogP contribution is 2.19. The van der Waals surface area contributed by atoms with Gasteiger partial charge in [0.05, 0.1) is 5.56 Å². The Morgan fingerprint density at radius 3 is 2.89 bits per heavy atom. The molecule has 2 rings (SSSR count). The number of anilines is 1. The number of rotatable bonds is 3. The van der Waals surface area contributed by atoms with Crippen molar-refractivity contribution in [3.63, 3.8) is 0 Å². The highest BCUT2D eigenvalue weighted by molar-refractivity contribution is 5.93. The molecule has 0 radical (unpaired) electrons. The Labute approximate surface area is 104 Å². The van der Waals surface area contributed by atoms with Crippen molar-refractivity contribution >= 4 is 11.6 Å². The summed E-state index contributed by atoms with van der Waals surface area (Å²) >= 11 is 0. The molecule has 0 spiro atoms. The van der Waals surface area contributed by atoms with Gasteiger partial charge in [0.1, 0.15) is 17.8 Å². The number of furan rings is 1. The Balaban J connectivity index is 2.03. The van der Waals surface area contributed by atoms with Crippen LogP contribution in [0.4, 0.5) is 5.69 Å². The predicted octanol–water partition coefficient (Wildman–Crippen LogP) is 1.81. The second kappa shape index (κ2) is 4.83. The second-order valence-electron chi connectivity index (χ2n) is 4.02. The number of aromatic hydroxyl groups is 1. The summed E-state index contributed by atoms with van der Waals surface area (Å²) in [6.45, 7) is 1.97. The van der Waals surface area contributed by atoms with Crippen LogP contribution in [0.5, 0.6) is 5.75 Å². The molecule has 0 aliphatic rings. The molecule has 4 N–H and O–H groups in total. The monoisotopic (exact) mass is 246 g/mol. The minimum Gasteiger partial charge on any atom is -0.508 e. The fraction of sp³-hybridized carbons (Fsp3) is 0.154. The fourth-order valence-electron chi connectivity index (χ4n) is 1.59. The molecule has 1 aromatic heterocycles. The molecule has 0 fully saturated rings. The molecule has 1 amide bonds. The zero-order valence-electron chi connectivity index (χ0n) is 9.93. The van der Waals surface area contributed by atoms with E-state index in [1.807, 2.05) is 0 Å². The van der Waals surface area contributed by atoms with Crippen LogP contribution in [0.25, 0.3) is 0 Å². The van der Waals surface area contributed by atoms with Gasteiger partial charge in [-0.05, 0) is 31.2 Å². The van der Waals surface area contributed by atoms with Crippen LogP contribution in [0.3, 0.4) is 0 Å². The number of nitrogen functional groups attached to an aromatic ring is 1. The van der Waals surface area contributed by atoms with Crippen molar-refractivity contribution < 1.29 is 14.3 Å². The summed E-state index contributed by atoms with van der Waals surface area (Å²) in [5, 5.41) is 12.3. The van der Waals surface area contributed by atoms with Gasteiger partial charge in [-0.25, -0.2) is 0 Å². The largest absolute Gasteiger partial charge is 0.508 e. The van der Waals surface area contributed by atoms with E-state index >= 15 is 0 Å². The molecule has 5 heteroatoms. The van der Waals surface area contributed by atoms with Crippen LogP contribution >= 0.6 is 0 Å². The summed E-state index contributed by atoms with van der Waals surface area (Å²) in [4.78, 5) is 11.7. The van der Waals surface area contributed by atoms with Gasteiger partial charge in [-0.1, -0.05) is 0 Å². The summed E-state index contributed by atoms with van der Waals surface area (Å²) in [6.07, 6.45) is 1.39. The van der Waals surface area contributed by atoms with Crippen LogP contribution < -0.4 is 11.1 Å². The molecule has 94 valence electrons. The number of nitrogens with one attached hydrogen (secondary N) is 1. The molecule has 5 nitrogen and oxygen atoms in total. The lowest BCUT2D eigenvalue weighted by Gasteiger charge is -2.06. The molecule has 0 atom stereocenters. The van der Waals surface area contributed by atoms with E-state index in [1.54, 1.807) is 25.1 Å². The molecule has 0 saturated heterocycles. The Morgan fingerprint density at radius 2 is 2.22 bits per heavy atom. The SMILES string of the molecule is Cc1cc(C(=O)NCc2cc(N)ccc2O)co1. The average molecular weight is 246 g/mol. The third-order valence-electron chi connectivity index (χ3n) is 2.54. The molecule has 2 aromatic rings. The van der Waals surface area contributed by atoms with E-state index in [2.05, 4.69) is 5.32 Å². The lowest BCUT2D eigenvalue weighted by Crippen LogP contribution is -2.22. The molecular weight excluding hydrogens is 232 g/mol. The van der Waals surface area contributed by atoms with E-state index in [0.717, 1.165) is 0 Å². The zero-order chi connectivity index (χ0) is 13.1. The number of aryl methyl sites for hydroxylation is 1. The Hall–Kier alpha value is -2.43. The second-order valence-corrected chi connectivity index (χ2v) is 4.02. The Bertz CT molecular complexity index is 575. The number of carbonyl (C=O) groups excluding carboxylic acids is 1. The Morgan fingerprint density at radius 1 is 1.44 bits per heavy atom. The minimum atomic E-state index is -0.256. The van der Waals surface area contributed by atoms with E-state index < -0.39 is 0 Å². The lowest BCUT2D eigenvalue weighted by atomic mass is 10.1. The van der Waals surface area contributed by atoms with E-state index in [4.69, 9.17) is 10.2 Å². The summed E-state index contributed by atoms with van der Waals surface area (Å²) < 4.78 is 5.05. The number of nitrogens with two attached hydrogens (primary N) is 1. The van der Waals surface area contributed by atoms with Crippen molar-refractivity contribution in [2.45, 2.75) is 13.5 Å². The number of benzene rings is 1. The van der Waals surface area contributed by atoms with Crippen molar-refractivity contribution in [3.05, 3.63) is 47.4 Å². The zero-order valence-corrected chi connectivity index (χ0v) is 9.93. The van der Waals surface area contributed by atoms with Gasteiger partial charge in [-0.2, -0.15) is 0 Å². The summed E-state index contributed by atoms with van der Waals surface area (Å²) in [6, 6.07) is 6.36. The topological polar surface area (TPSA) is 88.5 Å². The highest BCUT2D eigenvalue weighted by Gasteiger charge is 2.09. The van der Waals surface area contributed by atoms with E-state index in [1.165, 1.54) is 12.3 Å². The standard InChI is InChI=1S/C13H14N2O3/c1-8-4-10(7-18-8)13(17)15-6-9-5-11(14)2-3-12(9)16/h2-5,7,16H,6,14H2,1H3,(H,15,17). The van der Waals surface area contributed by atoms with Gasteiger partial charge in [-0.3, -0.25) is 4.79 Å². The number of phenols is 1. The minimum absolute atomic E-state index is 0.105. The first-order valence-corrected chi connectivity index (χ1v) is 5.47. The van der Waals surface area contributed by atoms with Gasteiger partial charge in [-0.15, -0.1) is 0 Å². The number of carbonyl (C=O) groups is 1. The third kappa shape index (κ3) is 2.63. The van der Waals surface area contributed by atoms with E-state index in [9.17, 15) is 9.90 Å². The van der Waals surface area contributed by atoms with Crippen LogP contribution in [-0.4, -0.2) is 11.0 Å². The van der Waals surface area contributed by atoms with Crippen LogP contribution in [0.1, 0.15) is 21.7 Å². The number of hydrogen-bond acceptors (Lipinski definition) is 4. The summed E-state index contributed by atoms with van der Waals surface area (Å²) in [7, 11) is 0. The maximum Gasteiger partial charge on any atom is 0.254 e. The van der Waals surface area contributed by atoms with Crippen LogP contribution in [-0.2, 0) is 6.54 Å². The molecule has 1 heterocycles. The number of amides is 1. The van der Waals surface area contributed by atoms with Gasteiger partial charge in [0.2, 0.25) is 0 Å². The summed E-state index contributed by atoms with van der Waals surface area (Å²) in [5.41, 5.74) is 7.17. The number of hydrogen-bond donors (Lipinski definition) is 3. The van der Waals surface area contributed by atoms with Crippen LogP contribution in [0.15, 0.2) is 34.9 Å². The molecule has 18 heavy (non-hydrogen) atoms. The first kappa shape index (κ1) is 12.0. The van der Waals surface area contributed by atoms with E-state index in [0.29, 0.717) is 22.6 Å². The molecule has 0 aliphatic carbocycles. The van der Waals surface area contributed by atoms with Crippen LogP contribution in [0, 0.1) is 6.92 Å². The normalized spacial score (nSPS) is 10.3.